The van der Waals surface area contributed by atoms with Gasteiger partial charge in [0.25, 0.3) is 0 Å². The third-order valence-corrected chi connectivity index (χ3v) is 2.80. The number of carbonyl (C=O) groups excluding carboxylic acids is 2. The molecule has 1 fully saturated rings. The molecule has 1 rings (SSSR count). The molecular formula is C11H17N3O6. The molecule has 0 spiro atoms. The van der Waals surface area contributed by atoms with E-state index in [1.807, 2.05) is 0 Å². The number of azide groups is 1. The number of hydrogen-bond acceptors (Lipinski definition) is 7. The first-order valence-corrected chi connectivity index (χ1v) is 5.97. The molecule has 0 unspecified atom stereocenters. The number of methoxy groups -OCH3 is 1. The van der Waals surface area contributed by atoms with Gasteiger partial charge in [-0.3, -0.25) is 9.59 Å². The maximum atomic E-state index is 11.2. The Balaban J connectivity index is 3.05. The van der Waals surface area contributed by atoms with Crippen molar-refractivity contribution in [3.05, 3.63) is 10.4 Å². The van der Waals surface area contributed by atoms with Crippen LogP contribution in [0, 0.1) is 0 Å². The second-order valence-corrected chi connectivity index (χ2v) is 4.29. The van der Waals surface area contributed by atoms with Crippen molar-refractivity contribution in [3.63, 3.8) is 0 Å². The number of rotatable bonds is 4. The molecule has 0 N–H and O–H groups in total. The molecule has 1 saturated heterocycles. The van der Waals surface area contributed by atoms with Gasteiger partial charge in [0.15, 0.2) is 6.10 Å². The Morgan fingerprint density at radius 3 is 2.25 bits per heavy atom. The van der Waals surface area contributed by atoms with Crippen LogP contribution in [-0.4, -0.2) is 49.7 Å². The third kappa shape index (κ3) is 3.83. The highest BCUT2D eigenvalue weighted by Crippen LogP contribution is 2.28. The molecule has 1 aliphatic heterocycles. The molecule has 0 saturated carbocycles. The molecule has 0 aromatic carbocycles. The predicted octanol–water partition coefficient (Wildman–Crippen LogP) is 0.920. The van der Waals surface area contributed by atoms with Crippen molar-refractivity contribution in [2.75, 3.05) is 7.11 Å². The van der Waals surface area contributed by atoms with E-state index in [4.69, 9.17) is 24.5 Å². The monoisotopic (exact) mass is 287 g/mol. The van der Waals surface area contributed by atoms with Crippen molar-refractivity contribution in [2.45, 2.75) is 51.4 Å². The second-order valence-electron chi connectivity index (χ2n) is 4.29. The Morgan fingerprint density at radius 2 is 1.80 bits per heavy atom. The molecule has 0 aromatic heterocycles. The standard InChI is InChI=1S/C11H17N3O6/c1-5-8(13-14-12)9(19-6(2)15)10(17-4)11(18-5)20-7(3)16/h5,8-11H,1-4H3/t5-,8-,9+,10-,11-/m1/s1. The maximum absolute atomic E-state index is 11.2. The Hall–Kier alpha value is -1.83. The van der Waals surface area contributed by atoms with Crippen LogP contribution in [0.4, 0.5) is 0 Å². The molecule has 9 heteroatoms. The Morgan fingerprint density at radius 1 is 1.20 bits per heavy atom. The van der Waals surface area contributed by atoms with E-state index in [1.54, 1.807) is 6.92 Å². The van der Waals surface area contributed by atoms with Gasteiger partial charge in [-0.05, 0) is 12.5 Å². The van der Waals surface area contributed by atoms with Gasteiger partial charge in [-0.1, -0.05) is 5.11 Å². The SMILES string of the molecule is CO[C@H]1[C@@H](OC(C)=O)O[C@H](C)[C@@H](N=[N+]=[N-])[C@@H]1OC(C)=O. The van der Waals surface area contributed by atoms with Crippen LogP contribution >= 0.6 is 0 Å². The summed E-state index contributed by atoms with van der Waals surface area (Å²) in [5.74, 6) is -1.13. The summed E-state index contributed by atoms with van der Waals surface area (Å²) in [6, 6.07) is -0.777. The van der Waals surface area contributed by atoms with Crippen LogP contribution in [0.3, 0.4) is 0 Å². The highest BCUT2D eigenvalue weighted by atomic mass is 16.7. The molecule has 112 valence electrons. The van der Waals surface area contributed by atoms with Gasteiger partial charge in [-0.15, -0.1) is 0 Å². The zero-order valence-electron chi connectivity index (χ0n) is 11.7. The van der Waals surface area contributed by atoms with Gasteiger partial charge in [0.1, 0.15) is 12.1 Å². The Labute approximate surface area is 115 Å². The van der Waals surface area contributed by atoms with Crippen molar-refractivity contribution in [1.82, 2.24) is 0 Å². The van der Waals surface area contributed by atoms with Crippen LogP contribution < -0.4 is 0 Å². The highest BCUT2D eigenvalue weighted by molar-refractivity contribution is 5.67. The summed E-state index contributed by atoms with van der Waals surface area (Å²) in [7, 11) is 1.35. The lowest BCUT2D eigenvalue weighted by molar-refractivity contribution is -0.268. The molecule has 5 atom stereocenters. The molecule has 1 aliphatic rings. The zero-order chi connectivity index (χ0) is 15.3. The van der Waals surface area contributed by atoms with E-state index < -0.39 is 42.6 Å². The summed E-state index contributed by atoms with van der Waals surface area (Å²) in [5.41, 5.74) is 8.59. The summed E-state index contributed by atoms with van der Waals surface area (Å²) in [5, 5.41) is 3.57. The lowest BCUT2D eigenvalue weighted by atomic mass is 9.97. The first kappa shape index (κ1) is 16.2. The molecule has 0 aromatic rings. The van der Waals surface area contributed by atoms with Crippen molar-refractivity contribution < 1.29 is 28.5 Å². The first-order chi connectivity index (χ1) is 9.40. The van der Waals surface area contributed by atoms with E-state index in [9.17, 15) is 9.59 Å². The predicted molar refractivity (Wildman–Crippen MR) is 65.4 cm³/mol. The van der Waals surface area contributed by atoms with Gasteiger partial charge in [-0.2, -0.15) is 0 Å². The highest BCUT2D eigenvalue weighted by Gasteiger charge is 2.48. The van der Waals surface area contributed by atoms with E-state index in [0.717, 1.165) is 0 Å². The smallest absolute Gasteiger partial charge is 0.305 e. The quantitative estimate of drug-likeness (QED) is 0.328. The zero-order valence-corrected chi connectivity index (χ0v) is 11.7. The fourth-order valence-corrected chi connectivity index (χ4v) is 2.04. The largest absolute Gasteiger partial charge is 0.459 e. The Bertz CT molecular complexity index is 422. The topological polar surface area (TPSA) is 120 Å². The van der Waals surface area contributed by atoms with Crippen LogP contribution in [0.25, 0.3) is 10.4 Å². The van der Waals surface area contributed by atoms with Gasteiger partial charge in [-0.25, -0.2) is 0 Å². The van der Waals surface area contributed by atoms with E-state index >= 15 is 0 Å². The lowest BCUT2D eigenvalue weighted by Gasteiger charge is -2.42. The average Bonchev–Trinajstić information content (AvgIpc) is 2.33. The van der Waals surface area contributed by atoms with Crippen LogP contribution in [-0.2, 0) is 28.5 Å². The van der Waals surface area contributed by atoms with E-state index in [0.29, 0.717) is 0 Å². The molecular weight excluding hydrogens is 270 g/mol. The van der Waals surface area contributed by atoms with Crippen molar-refractivity contribution in [1.29, 1.82) is 0 Å². The minimum absolute atomic E-state index is 0.562. The summed E-state index contributed by atoms with van der Waals surface area (Å²) >= 11 is 0. The number of ether oxygens (including phenoxy) is 4. The minimum Gasteiger partial charge on any atom is -0.459 e. The average molecular weight is 287 g/mol. The van der Waals surface area contributed by atoms with Crippen molar-refractivity contribution >= 4 is 11.9 Å². The van der Waals surface area contributed by atoms with Crippen LogP contribution in [0.2, 0.25) is 0 Å². The Kier molecular flexibility index (Phi) is 5.75. The molecule has 0 bridgehead atoms. The molecule has 20 heavy (non-hydrogen) atoms. The summed E-state index contributed by atoms with van der Waals surface area (Å²) < 4.78 is 20.8. The molecule has 0 aliphatic carbocycles. The molecule has 0 amide bonds. The lowest BCUT2D eigenvalue weighted by Crippen LogP contribution is -2.59. The summed E-state index contributed by atoms with van der Waals surface area (Å²) in [4.78, 5) is 25.0. The molecule has 1 heterocycles. The van der Waals surface area contributed by atoms with Crippen molar-refractivity contribution in [3.8, 4) is 0 Å². The minimum atomic E-state index is -1.04. The maximum Gasteiger partial charge on any atom is 0.305 e. The van der Waals surface area contributed by atoms with Crippen molar-refractivity contribution in [2.24, 2.45) is 5.11 Å². The van der Waals surface area contributed by atoms with Gasteiger partial charge < -0.3 is 18.9 Å². The van der Waals surface area contributed by atoms with E-state index in [-0.39, 0.29) is 0 Å². The fourth-order valence-electron chi connectivity index (χ4n) is 2.04. The van der Waals surface area contributed by atoms with Crippen LogP contribution in [0.15, 0.2) is 5.11 Å². The van der Waals surface area contributed by atoms with Gasteiger partial charge in [0.2, 0.25) is 6.29 Å². The summed E-state index contributed by atoms with van der Waals surface area (Å²) in [6.45, 7) is 4.07. The summed E-state index contributed by atoms with van der Waals surface area (Å²) in [6.07, 6.45) is -3.43. The van der Waals surface area contributed by atoms with Gasteiger partial charge in [0.05, 0.1) is 6.10 Å². The third-order valence-electron chi connectivity index (χ3n) is 2.80. The number of carbonyl (C=O) groups is 2. The number of esters is 2. The van der Waals surface area contributed by atoms with Crippen LogP contribution in [0.1, 0.15) is 20.8 Å². The molecule has 9 nitrogen and oxygen atoms in total. The number of nitrogens with zero attached hydrogens (tertiary/aromatic N) is 3. The van der Waals surface area contributed by atoms with Gasteiger partial charge >= 0.3 is 11.9 Å². The normalized spacial score (nSPS) is 32.9. The molecule has 0 radical (unpaired) electrons. The second kappa shape index (κ2) is 7.09. The number of hydrogen-bond donors (Lipinski definition) is 0. The van der Waals surface area contributed by atoms with Gasteiger partial charge in [0, 0.05) is 25.9 Å². The van der Waals surface area contributed by atoms with Crippen LogP contribution in [0.5, 0.6) is 0 Å². The van der Waals surface area contributed by atoms with E-state index in [1.165, 1.54) is 21.0 Å². The fraction of sp³-hybridized carbons (Fsp3) is 0.818. The van der Waals surface area contributed by atoms with E-state index in [2.05, 4.69) is 10.0 Å². The first-order valence-electron chi connectivity index (χ1n) is 5.97.